The van der Waals surface area contributed by atoms with E-state index < -0.39 is 0 Å². The molecule has 1 saturated heterocycles. The molecular weight excluding hydrogens is 288 g/mol. The minimum absolute atomic E-state index is 0.265. The number of benzene rings is 1. The van der Waals surface area contributed by atoms with Gasteiger partial charge in [0.15, 0.2) is 5.82 Å². The first-order valence-electron chi connectivity index (χ1n) is 8.30. The zero-order valence-electron chi connectivity index (χ0n) is 14.1. The van der Waals surface area contributed by atoms with Crippen molar-refractivity contribution in [1.82, 2.24) is 14.9 Å². The summed E-state index contributed by atoms with van der Waals surface area (Å²) in [5, 5.41) is 0. The Bertz CT molecular complexity index is 705. The van der Waals surface area contributed by atoms with Gasteiger partial charge in [-0.25, -0.2) is 9.97 Å². The molecule has 1 aromatic carbocycles. The van der Waals surface area contributed by atoms with E-state index in [9.17, 15) is 4.79 Å². The van der Waals surface area contributed by atoms with Gasteiger partial charge in [-0.1, -0.05) is 26.0 Å². The topological polar surface area (TPSA) is 49.3 Å². The minimum Gasteiger partial charge on any atom is -0.352 e. The molecule has 1 aliphatic rings. The second-order valence-corrected chi connectivity index (χ2v) is 6.59. The van der Waals surface area contributed by atoms with E-state index >= 15 is 0 Å². The highest BCUT2D eigenvalue weighted by Gasteiger charge is 2.23. The summed E-state index contributed by atoms with van der Waals surface area (Å²) in [6, 6.07) is 7.95. The number of amides is 1. The van der Waals surface area contributed by atoms with Crippen molar-refractivity contribution in [3.05, 3.63) is 30.0 Å². The largest absolute Gasteiger partial charge is 0.352 e. The fraction of sp³-hybridized carbons (Fsp3) is 0.500. The van der Waals surface area contributed by atoms with Crippen LogP contribution in [0.25, 0.3) is 11.0 Å². The third kappa shape index (κ3) is 3.44. The smallest absolute Gasteiger partial charge is 0.222 e. The summed E-state index contributed by atoms with van der Waals surface area (Å²) >= 11 is 0. The van der Waals surface area contributed by atoms with Crippen LogP contribution in [0.15, 0.2) is 24.3 Å². The fourth-order valence-corrected chi connectivity index (χ4v) is 3.02. The lowest BCUT2D eigenvalue weighted by Gasteiger charge is -2.36. The molecule has 1 amide bonds. The van der Waals surface area contributed by atoms with Crippen molar-refractivity contribution in [2.75, 3.05) is 31.1 Å². The molecular formula is C18H24N4O. The number of anilines is 1. The molecule has 2 aromatic rings. The monoisotopic (exact) mass is 312 g/mol. The summed E-state index contributed by atoms with van der Waals surface area (Å²) in [6.07, 6.45) is 0.634. The Morgan fingerprint density at radius 1 is 1.09 bits per heavy atom. The summed E-state index contributed by atoms with van der Waals surface area (Å²) in [4.78, 5) is 25.8. The molecule has 0 bridgehead atoms. The van der Waals surface area contributed by atoms with Crippen LogP contribution in [-0.4, -0.2) is 47.0 Å². The zero-order chi connectivity index (χ0) is 16.4. The maximum absolute atomic E-state index is 12.2. The van der Waals surface area contributed by atoms with E-state index in [1.54, 1.807) is 0 Å². The number of carbonyl (C=O) groups is 1. The van der Waals surface area contributed by atoms with E-state index in [0.717, 1.165) is 48.7 Å². The van der Waals surface area contributed by atoms with Gasteiger partial charge in [0.2, 0.25) is 5.91 Å². The van der Waals surface area contributed by atoms with Crippen LogP contribution in [0.2, 0.25) is 0 Å². The zero-order valence-corrected chi connectivity index (χ0v) is 14.1. The quantitative estimate of drug-likeness (QED) is 0.874. The predicted octanol–water partition coefficient (Wildman–Crippen LogP) is 2.63. The second-order valence-electron chi connectivity index (χ2n) is 6.59. The van der Waals surface area contributed by atoms with Gasteiger partial charge < -0.3 is 9.80 Å². The lowest BCUT2D eigenvalue weighted by Crippen LogP contribution is -2.49. The second kappa shape index (κ2) is 6.52. The Kier molecular flexibility index (Phi) is 4.46. The molecule has 0 atom stereocenters. The molecule has 23 heavy (non-hydrogen) atoms. The van der Waals surface area contributed by atoms with Gasteiger partial charge in [-0.2, -0.15) is 0 Å². The molecule has 0 N–H and O–H groups in total. The summed E-state index contributed by atoms with van der Waals surface area (Å²) in [7, 11) is 0. The van der Waals surface area contributed by atoms with E-state index in [-0.39, 0.29) is 5.91 Å². The van der Waals surface area contributed by atoms with Crippen LogP contribution in [0.5, 0.6) is 0 Å². The van der Waals surface area contributed by atoms with Gasteiger partial charge in [-0.05, 0) is 25.0 Å². The van der Waals surface area contributed by atoms with Gasteiger partial charge >= 0.3 is 0 Å². The van der Waals surface area contributed by atoms with Crippen LogP contribution in [-0.2, 0) is 4.79 Å². The Labute approximate surface area is 137 Å². The third-order valence-electron chi connectivity index (χ3n) is 4.23. The standard InChI is InChI=1S/C18H24N4O/c1-13(2)12-17(23)21-8-10-22(11-9-21)18-14(3)19-15-6-4-5-7-16(15)20-18/h4-7,13H,8-12H2,1-3H3. The van der Waals surface area contributed by atoms with Gasteiger partial charge in [0.05, 0.1) is 16.7 Å². The highest BCUT2D eigenvalue weighted by atomic mass is 16.2. The normalized spacial score (nSPS) is 15.5. The molecule has 5 heteroatoms. The Balaban J connectivity index is 1.72. The molecule has 0 saturated carbocycles. The fourth-order valence-electron chi connectivity index (χ4n) is 3.02. The number of piperazine rings is 1. The van der Waals surface area contributed by atoms with Crippen molar-refractivity contribution >= 4 is 22.8 Å². The van der Waals surface area contributed by atoms with Crippen molar-refractivity contribution in [2.24, 2.45) is 5.92 Å². The van der Waals surface area contributed by atoms with E-state index in [0.29, 0.717) is 12.3 Å². The summed E-state index contributed by atoms with van der Waals surface area (Å²) in [5.74, 6) is 1.62. The number of hydrogen-bond acceptors (Lipinski definition) is 4. The van der Waals surface area contributed by atoms with E-state index in [1.165, 1.54) is 0 Å². The van der Waals surface area contributed by atoms with Crippen molar-refractivity contribution in [2.45, 2.75) is 27.2 Å². The van der Waals surface area contributed by atoms with Crippen LogP contribution in [0, 0.1) is 12.8 Å². The maximum Gasteiger partial charge on any atom is 0.222 e. The van der Waals surface area contributed by atoms with E-state index in [4.69, 9.17) is 4.98 Å². The molecule has 5 nitrogen and oxygen atoms in total. The van der Waals surface area contributed by atoms with Gasteiger partial charge in [-0.15, -0.1) is 0 Å². The molecule has 2 heterocycles. The first-order chi connectivity index (χ1) is 11.0. The van der Waals surface area contributed by atoms with Crippen molar-refractivity contribution < 1.29 is 4.79 Å². The minimum atomic E-state index is 0.265. The lowest BCUT2D eigenvalue weighted by molar-refractivity contribution is -0.132. The number of rotatable bonds is 3. The van der Waals surface area contributed by atoms with Crippen molar-refractivity contribution in [1.29, 1.82) is 0 Å². The molecule has 1 aliphatic heterocycles. The van der Waals surface area contributed by atoms with Crippen LogP contribution >= 0.6 is 0 Å². The third-order valence-corrected chi connectivity index (χ3v) is 4.23. The van der Waals surface area contributed by atoms with Crippen LogP contribution < -0.4 is 4.90 Å². The first-order valence-corrected chi connectivity index (χ1v) is 8.30. The SMILES string of the molecule is Cc1nc2ccccc2nc1N1CCN(C(=O)CC(C)C)CC1. The van der Waals surface area contributed by atoms with Gasteiger partial charge in [0.1, 0.15) is 0 Å². The van der Waals surface area contributed by atoms with Crippen molar-refractivity contribution in [3.8, 4) is 0 Å². The van der Waals surface area contributed by atoms with Crippen LogP contribution in [0.3, 0.4) is 0 Å². The molecule has 0 spiro atoms. The highest BCUT2D eigenvalue weighted by Crippen LogP contribution is 2.21. The van der Waals surface area contributed by atoms with Gasteiger partial charge in [0.25, 0.3) is 0 Å². The average Bonchev–Trinajstić information content (AvgIpc) is 2.54. The highest BCUT2D eigenvalue weighted by molar-refractivity contribution is 5.77. The number of nitrogens with zero attached hydrogens (tertiary/aromatic N) is 4. The van der Waals surface area contributed by atoms with Gasteiger partial charge in [0, 0.05) is 32.6 Å². The summed E-state index contributed by atoms with van der Waals surface area (Å²) in [5.41, 5.74) is 2.80. The number of hydrogen-bond donors (Lipinski definition) is 0. The maximum atomic E-state index is 12.2. The lowest BCUT2D eigenvalue weighted by atomic mass is 10.1. The Morgan fingerprint density at radius 3 is 2.30 bits per heavy atom. The molecule has 1 aromatic heterocycles. The molecule has 122 valence electrons. The van der Waals surface area contributed by atoms with E-state index in [2.05, 4.69) is 23.7 Å². The molecule has 1 fully saturated rings. The van der Waals surface area contributed by atoms with Crippen LogP contribution in [0.4, 0.5) is 5.82 Å². The number of carbonyl (C=O) groups excluding carboxylic acids is 1. The number of para-hydroxylation sites is 2. The predicted molar refractivity (Wildman–Crippen MR) is 92.5 cm³/mol. The molecule has 0 radical (unpaired) electrons. The molecule has 3 rings (SSSR count). The van der Waals surface area contributed by atoms with Crippen molar-refractivity contribution in [3.63, 3.8) is 0 Å². The molecule has 0 unspecified atom stereocenters. The summed E-state index contributed by atoms with van der Waals surface area (Å²) in [6.45, 7) is 9.34. The number of fused-ring (bicyclic) bond motifs is 1. The summed E-state index contributed by atoms with van der Waals surface area (Å²) < 4.78 is 0. The number of aromatic nitrogens is 2. The number of aryl methyl sites for hydroxylation is 1. The molecule has 0 aliphatic carbocycles. The first kappa shape index (κ1) is 15.7. The Hall–Kier alpha value is -2.17. The van der Waals surface area contributed by atoms with E-state index in [1.807, 2.05) is 36.1 Å². The Morgan fingerprint density at radius 2 is 1.70 bits per heavy atom. The van der Waals surface area contributed by atoms with Gasteiger partial charge in [-0.3, -0.25) is 4.79 Å². The van der Waals surface area contributed by atoms with Crippen LogP contribution in [0.1, 0.15) is 26.0 Å². The average molecular weight is 312 g/mol.